The van der Waals surface area contributed by atoms with Crippen LogP contribution in [0.5, 0.6) is 0 Å². The van der Waals surface area contributed by atoms with Crippen molar-refractivity contribution in [2.75, 3.05) is 26.4 Å². The first kappa shape index (κ1) is 10.6. The molecule has 0 saturated carbocycles. The number of aromatic nitrogens is 1. The van der Waals surface area contributed by atoms with Crippen molar-refractivity contribution in [1.82, 2.24) is 9.47 Å². The van der Waals surface area contributed by atoms with E-state index in [9.17, 15) is 4.39 Å². The summed E-state index contributed by atoms with van der Waals surface area (Å²) in [5, 5.41) is 0. The second-order valence-electron chi connectivity index (χ2n) is 3.99. The van der Waals surface area contributed by atoms with E-state index in [0.29, 0.717) is 13.2 Å². The summed E-state index contributed by atoms with van der Waals surface area (Å²) < 4.78 is 19.8. The van der Waals surface area contributed by atoms with Crippen molar-refractivity contribution in [3.8, 4) is 0 Å². The van der Waals surface area contributed by atoms with Crippen molar-refractivity contribution < 1.29 is 9.13 Å². The topological polar surface area (TPSA) is 17.4 Å². The molecule has 84 valence electrons. The van der Waals surface area contributed by atoms with Crippen molar-refractivity contribution in [3.63, 3.8) is 0 Å². The van der Waals surface area contributed by atoms with E-state index in [4.69, 9.17) is 4.74 Å². The van der Waals surface area contributed by atoms with E-state index in [1.165, 1.54) is 5.69 Å². The summed E-state index contributed by atoms with van der Waals surface area (Å²) in [6, 6.07) is 4.13. The smallest absolute Gasteiger partial charge is 0.117 e. The van der Waals surface area contributed by atoms with Gasteiger partial charge in [-0.1, -0.05) is 0 Å². The van der Waals surface area contributed by atoms with Crippen molar-refractivity contribution in [3.05, 3.63) is 24.0 Å². The van der Waals surface area contributed by atoms with Gasteiger partial charge in [0, 0.05) is 38.6 Å². The minimum atomic E-state index is -0.385. The Labute approximate surface area is 89.4 Å². The molecule has 1 atom stereocenters. The standard InChI is InChI=1S/C11H17FN2O/c1-13-4-2-3-10(13)8-14-5-6-15-11(7-12)9-14/h2-4,11H,5-9H2,1H3. The van der Waals surface area contributed by atoms with Gasteiger partial charge in [0.05, 0.1) is 12.7 Å². The molecule has 0 N–H and O–H groups in total. The van der Waals surface area contributed by atoms with Crippen molar-refractivity contribution in [2.24, 2.45) is 7.05 Å². The van der Waals surface area contributed by atoms with Gasteiger partial charge >= 0.3 is 0 Å². The fourth-order valence-corrected chi connectivity index (χ4v) is 1.91. The summed E-state index contributed by atoms with van der Waals surface area (Å²) in [5.41, 5.74) is 1.26. The van der Waals surface area contributed by atoms with Gasteiger partial charge in [-0.05, 0) is 12.1 Å². The van der Waals surface area contributed by atoms with Gasteiger partial charge in [-0.3, -0.25) is 4.90 Å². The highest BCUT2D eigenvalue weighted by Gasteiger charge is 2.20. The first-order chi connectivity index (χ1) is 7.29. The fraction of sp³-hybridized carbons (Fsp3) is 0.636. The van der Waals surface area contributed by atoms with E-state index >= 15 is 0 Å². The maximum absolute atomic E-state index is 12.5. The lowest BCUT2D eigenvalue weighted by Crippen LogP contribution is -2.43. The third-order valence-corrected chi connectivity index (χ3v) is 2.83. The highest BCUT2D eigenvalue weighted by Crippen LogP contribution is 2.10. The zero-order valence-electron chi connectivity index (χ0n) is 9.03. The molecule has 0 bridgehead atoms. The number of hydrogen-bond donors (Lipinski definition) is 0. The largest absolute Gasteiger partial charge is 0.373 e. The second-order valence-corrected chi connectivity index (χ2v) is 3.99. The molecule has 4 heteroatoms. The molecule has 3 nitrogen and oxygen atoms in total. The van der Waals surface area contributed by atoms with Crippen LogP contribution >= 0.6 is 0 Å². The summed E-state index contributed by atoms with van der Waals surface area (Å²) in [5.74, 6) is 0. The Hall–Kier alpha value is -0.870. The molecule has 0 amide bonds. The summed E-state index contributed by atoms with van der Waals surface area (Å²) in [6.07, 6.45) is 1.79. The second kappa shape index (κ2) is 4.77. The summed E-state index contributed by atoms with van der Waals surface area (Å²) in [7, 11) is 2.03. The lowest BCUT2D eigenvalue weighted by atomic mass is 10.2. The number of hydrogen-bond acceptors (Lipinski definition) is 2. The van der Waals surface area contributed by atoms with Crippen molar-refractivity contribution >= 4 is 0 Å². The van der Waals surface area contributed by atoms with E-state index in [0.717, 1.165) is 13.1 Å². The Morgan fingerprint density at radius 2 is 2.47 bits per heavy atom. The molecule has 1 saturated heterocycles. The minimum absolute atomic E-state index is 0.237. The number of halogens is 1. The van der Waals surface area contributed by atoms with Crippen LogP contribution in [0.3, 0.4) is 0 Å². The van der Waals surface area contributed by atoms with Crippen molar-refractivity contribution in [1.29, 1.82) is 0 Å². The third kappa shape index (κ3) is 2.58. The molecule has 1 aliphatic heterocycles. The molecule has 1 aromatic heterocycles. The molecular weight excluding hydrogens is 195 g/mol. The van der Waals surface area contributed by atoms with Crippen LogP contribution in [0.1, 0.15) is 5.69 Å². The predicted molar refractivity (Wildman–Crippen MR) is 56.4 cm³/mol. The van der Waals surface area contributed by atoms with Gasteiger partial charge in [0.25, 0.3) is 0 Å². The molecule has 1 aromatic rings. The Kier molecular flexibility index (Phi) is 3.38. The van der Waals surface area contributed by atoms with Gasteiger partial charge in [0.15, 0.2) is 0 Å². The highest BCUT2D eigenvalue weighted by atomic mass is 19.1. The van der Waals surface area contributed by atoms with Crippen molar-refractivity contribution in [2.45, 2.75) is 12.6 Å². The summed E-state index contributed by atoms with van der Waals surface area (Å²) in [6.45, 7) is 2.72. The van der Waals surface area contributed by atoms with E-state index < -0.39 is 0 Å². The first-order valence-corrected chi connectivity index (χ1v) is 5.29. The van der Waals surface area contributed by atoms with Gasteiger partial charge in [-0.25, -0.2) is 4.39 Å². The van der Waals surface area contributed by atoms with Crippen LogP contribution in [-0.4, -0.2) is 41.9 Å². The number of rotatable bonds is 3. The van der Waals surface area contributed by atoms with E-state index in [1.54, 1.807) is 0 Å². The first-order valence-electron chi connectivity index (χ1n) is 5.29. The van der Waals surface area contributed by atoms with Crippen LogP contribution in [0.2, 0.25) is 0 Å². The predicted octanol–water partition coefficient (Wildman–Crippen LogP) is 1.20. The van der Waals surface area contributed by atoms with E-state index in [2.05, 4.69) is 15.5 Å². The summed E-state index contributed by atoms with van der Waals surface area (Å²) in [4.78, 5) is 2.24. The maximum Gasteiger partial charge on any atom is 0.117 e. The van der Waals surface area contributed by atoms with Gasteiger partial charge in [0.1, 0.15) is 6.67 Å². The number of alkyl halides is 1. The highest BCUT2D eigenvalue weighted by molar-refractivity contribution is 5.06. The number of nitrogens with zero attached hydrogens (tertiary/aromatic N) is 2. The van der Waals surface area contributed by atoms with Crippen LogP contribution in [0.25, 0.3) is 0 Å². The molecule has 0 aromatic carbocycles. The van der Waals surface area contributed by atoms with Gasteiger partial charge in [0.2, 0.25) is 0 Å². The Morgan fingerprint density at radius 1 is 1.60 bits per heavy atom. The average molecular weight is 212 g/mol. The van der Waals surface area contributed by atoms with Gasteiger partial charge in [-0.2, -0.15) is 0 Å². The molecule has 1 fully saturated rings. The third-order valence-electron chi connectivity index (χ3n) is 2.83. The molecular formula is C11H17FN2O. The van der Waals surface area contributed by atoms with E-state index in [-0.39, 0.29) is 12.8 Å². The number of aryl methyl sites for hydroxylation is 1. The van der Waals surface area contributed by atoms with Gasteiger partial charge < -0.3 is 9.30 Å². The van der Waals surface area contributed by atoms with Crippen LogP contribution in [0, 0.1) is 0 Å². The quantitative estimate of drug-likeness (QED) is 0.749. The van der Waals surface area contributed by atoms with Gasteiger partial charge in [-0.15, -0.1) is 0 Å². The molecule has 0 aliphatic carbocycles. The molecule has 0 radical (unpaired) electrons. The van der Waals surface area contributed by atoms with Crippen LogP contribution in [-0.2, 0) is 18.3 Å². The van der Waals surface area contributed by atoms with Crippen LogP contribution in [0.15, 0.2) is 18.3 Å². The lowest BCUT2D eigenvalue weighted by Gasteiger charge is -2.31. The minimum Gasteiger partial charge on any atom is -0.373 e. The molecule has 2 rings (SSSR count). The van der Waals surface area contributed by atoms with E-state index in [1.807, 2.05) is 19.3 Å². The fourth-order valence-electron chi connectivity index (χ4n) is 1.91. The molecule has 1 aliphatic rings. The molecule has 2 heterocycles. The van der Waals surface area contributed by atoms with Crippen LogP contribution in [0.4, 0.5) is 4.39 Å². The number of morpholine rings is 1. The molecule has 1 unspecified atom stereocenters. The SMILES string of the molecule is Cn1cccc1CN1CCOC(CF)C1. The monoisotopic (exact) mass is 212 g/mol. The number of ether oxygens (including phenoxy) is 1. The summed E-state index contributed by atoms with van der Waals surface area (Å²) >= 11 is 0. The molecule has 0 spiro atoms. The average Bonchev–Trinajstić information content (AvgIpc) is 2.65. The maximum atomic E-state index is 12.5. The normalized spacial score (nSPS) is 23.2. The molecule has 15 heavy (non-hydrogen) atoms. The Balaban J connectivity index is 1.92. The van der Waals surface area contributed by atoms with Crippen LogP contribution < -0.4 is 0 Å². The zero-order valence-corrected chi connectivity index (χ0v) is 9.03. The Morgan fingerprint density at radius 3 is 3.13 bits per heavy atom. The lowest BCUT2D eigenvalue weighted by molar-refractivity contribution is -0.0417. The zero-order chi connectivity index (χ0) is 10.7. The Bertz CT molecular complexity index is 313.